The van der Waals surface area contributed by atoms with Gasteiger partial charge in [-0.25, -0.2) is 0 Å². The van der Waals surface area contributed by atoms with E-state index in [1.807, 2.05) is 72.9 Å². The van der Waals surface area contributed by atoms with Crippen molar-refractivity contribution in [2.45, 2.75) is 19.6 Å². The van der Waals surface area contributed by atoms with E-state index >= 15 is 0 Å². The number of halogens is 1. The minimum Gasteiger partial charge on any atom is -0.489 e. The molecule has 3 heteroatoms. The fourth-order valence-electron chi connectivity index (χ4n) is 2.45. The van der Waals surface area contributed by atoms with Crippen LogP contribution in [-0.2, 0) is 6.61 Å². The van der Waals surface area contributed by atoms with E-state index in [1.165, 1.54) is 0 Å². The SMILES string of the molecule is CC(N=Cc1cccc(OCc2ccccc2)c1)c1ccc(Cl)cc1. The van der Waals surface area contributed by atoms with Crippen molar-refractivity contribution >= 4 is 17.8 Å². The summed E-state index contributed by atoms with van der Waals surface area (Å²) < 4.78 is 5.86. The Kier molecular flexibility index (Phi) is 5.86. The smallest absolute Gasteiger partial charge is 0.120 e. The minimum atomic E-state index is 0.0751. The molecule has 0 bridgehead atoms. The van der Waals surface area contributed by atoms with Crippen LogP contribution >= 0.6 is 11.6 Å². The summed E-state index contributed by atoms with van der Waals surface area (Å²) in [6, 6.07) is 26.0. The molecule has 0 saturated heterocycles. The summed E-state index contributed by atoms with van der Waals surface area (Å²) in [6.45, 7) is 2.62. The van der Waals surface area contributed by atoms with E-state index in [0.717, 1.165) is 27.5 Å². The first-order valence-electron chi connectivity index (χ1n) is 8.26. The van der Waals surface area contributed by atoms with Crippen LogP contribution in [-0.4, -0.2) is 6.21 Å². The largest absolute Gasteiger partial charge is 0.489 e. The topological polar surface area (TPSA) is 21.6 Å². The first-order valence-corrected chi connectivity index (χ1v) is 8.64. The zero-order chi connectivity index (χ0) is 17.5. The highest BCUT2D eigenvalue weighted by atomic mass is 35.5. The molecule has 3 aromatic carbocycles. The lowest BCUT2D eigenvalue weighted by molar-refractivity contribution is 0.306. The van der Waals surface area contributed by atoms with Crippen molar-refractivity contribution in [1.82, 2.24) is 0 Å². The van der Waals surface area contributed by atoms with E-state index in [9.17, 15) is 0 Å². The van der Waals surface area contributed by atoms with Crippen molar-refractivity contribution in [2.24, 2.45) is 4.99 Å². The van der Waals surface area contributed by atoms with E-state index in [0.29, 0.717) is 6.61 Å². The van der Waals surface area contributed by atoms with Crippen LogP contribution in [0.2, 0.25) is 5.02 Å². The van der Waals surface area contributed by atoms with Crippen molar-refractivity contribution in [1.29, 1.82) is 0 Å². The molecule has 0 saturated carbocycles. The van der Waals surface area contributed by atoms with Crippen molar-refractivity contribution in [3.63, 3.8) is 0 Å². The molecule has 0 aromatic heterocycles. The predicted octanol–water partition coefficient (Wildman–Crippen LogP) is 6.10. The molecule has 3 rings (SSSR count). The van der Waals surface area contributed by atoms with Gasteiger partial charge in [-0.3, -0.25) is 4.99 Å². The van der Waals surface area contributed by atoms with Gasteiger partial charge in [0.1, 0.15) is 12.4 Å². The second-order valence-corrected chi connectivity index (χ2v) is 6.29. The molecular formula is C22H20ClNO. The lowest BCUT2D eigenvalue weighted by atomic mass is 10.1. The summed E-state index contributed by atoms with van der Waals surface area (Å²) in [5.74, 6) is 0.840. The third-order valence-electron chi connectivity index (χ3n) is 3.91. The van der Waals surface area contributed by atoms with Crippen LogP contribution in [0.25, 0.3) is 0 Å². The van der Waals surface area contributed by atoms with Crippen LogP contribution in [0.3, 0.4) is 0 Å². The molecule has 1 atom stereocenters. The normalized spacial score (nSPS) is 12.2. The van der Waals surface area contributed by atoms with Gasteiger partial charge in [0.05, 0.1) is 6.04 Å². The van der Waals surface area contributed by atoms with Gasteiger partial charge in [-0.05, 0) is 47.9 Å². The maximum Gasteiger partial charge on any atom is 0.120 e. The molecule has 25 heavy (non-hydrogen) atoms. The Morgan fingerprint density at radius 1 is 0.960 bits per heavy atom. The van der Waals surface area contributed by atoms with Crippen LogP contribution < -0.4 is 4.74 Å². The molecule has 0 heterocycles. The quantitative estimate of drug-likeness (QED) is 0.493. The first kappa shape index (κ1) is 17.2. The lowest BCUT2D eigenvalue weighted by Gasteiger charge is -2.08. The van der Waals surface area contributed by atoms with E-state index in [2.05, 4.69) is 24.0 Å². The Hall–Kier alpha value is -2.58. The Morgan fingerprint density at radius 3 is 2.48 bits per heavy atom. The van der Waals surface area contributed by atoms with Gasteiger partial charge < -0.3 is 4.74 Å². The summed E-state index contributed by atoms with van der Waals surface area (Å²) in [6.07, 6.45) is 1.88. The zero-order valence-electron chi connectivity index (χ0n) is 14.1. The third kappa shape index (κ3) is 5.20. The van der Waals surface area contributed by atoms with E-state index in [4.69, 9.17) is 16.3 Å². The average Bonchev–Trinajstić information content (AvgIpc) is 2.66. The number of hydrogen-bond donors (Lipinski definition) is 0. The second kappa shape index (κ2) is 8.50. The monoisotopic (exact) mass is 349 g/mol. The van der Waals surface area contributed by atoms with Crippen molar-refractivity contribution in [2.75, 3.05) is 0 Å². The summed E-state index contributed by atoms with van der Waals surface area (Å²) in [7, 11) is 0. The molecule has 0 aliphatic heterocycles. The number of rotatable bonds is 6. The second-order valence-electron chi connectivity index (χ2n) is 5.85. The number of hydrogen-bond acceptors (Lipinski definition) is 2. The van der Waals surface area contributed by atoms with Crippen molar-refractivity contribution < 1.29 is 4.74 Å². The van der Waals surface area contributed by atoms with Crippen LogP contribution in [0.15, 0.2) is 83.9 Å². The molecule has 0 radical (unpaired) electrons. The fourth-order valence-corrected chi connectivity index (χ4v) is 2.58. The standard InChI is InChI=1S/C22H20ClNO/c1-17(20-10-12-21(23)13-11-20)24-15-19-8-5-9-22(14-19)25-16-18-6-3-2-4-7-18/h2-15,17H,16H2,1H3. The summed E-state index contributed by atoms with van der Waals surface area (Å²) >= 11 is 5.93. The van der Waals surface area contributed by atoms with Crippen LogP contribution in [0.4, 0.5) is 0 Å². The third-order valence-corrected chi connectivity index (χ3v) is 4.16. The van der Waals surface area contributed by atoms with Crippen LogP contribution in [0, 0.1) is 0 Å². The highest BCUT2D eigenvalue weighted by Crippen LogP contribution is 2.20. The van der Waals surface area contributed by atoms with Gasteiger partial charge in [0.15, 0.2) is 0 Å². The predicted molar refractivity (Wildman–Crippen MR) is 105 cm³/mol. The van der Waals surface area contributed by atoms with Crippen LogP contribution in [0.1, 0.15) is 29.7 Å². The average molecular weight is 350 g/mol. The zero-order valence-corrected chi connectivity index (χ0v) is 14.9. The summed E-state index contributed by atoms with van der Waals surface area (Å²) in [5.41, 5.74) is 3.31. The van der Waals surface area contributed by atoms with Gasteiger partial charge in [-0.1, -0.05) is 66.2 Å². The Labute approximate surface area is 153 Å². The van der Waals surface area contributed by atoms with Crippen molar-refractivity contribution in [3.8, 4) is 5.75 Å². The van der Waals surface area contributed by atoms with Gasteiger partial charge >= 0.3 is 0 Å². The van der Waals surface area contributed by atoms with E-state index in [1.54, 1.807) is 0 Å². The lowest BCUT2D eigenvalue weighted by Crippen LogP contribution is -1.96. The molecule has 0 amide bonds. The molecule has 3 aromatic rings. The van der Waals surface area contributed by atoms with Gasteiger partial charge in [0.25, 0.3) is 0 Å². The highest BCUT2D eigenvalue weighted by Gasteiger charge is 2.02. The summed E-state index contributed by atoms with van der Waals surface area (Å²) in [4.78, 5) is 4.63. The molecule has 0 fully saturated rings. The highest BCUT2D eigenvalue weighted by molar-refractivity contribution is 6.30. The maximum atomic E-state index is 5.93. The molecular weight excluding hydrogens is 330 g/mol. The number of nitrogens with zero attached hydrogens (tertiary/aromatic N) is 1. The Balaban J connectivity index is 1.63. The van der Waals surface area contributed by atoms with Gasteiger partial charge in [0.2, 0.25) is 0 Å². The number of benzene rings is 3. The van der Waals surface area contributed by atoms with Gasteiger partial charge in [0, 0.05) is 11.2 Å². The van der Waals surface area contributed by atoms with Gasteiger partial charge in [-0.15, -0.1) is 0 Å². The maximum absolute atomic E-state index is 5.93. The molecule has 1 unspecified atom stereocenters. The molecule has 126 valence electrons. The summed E-state index contributed by atoms with van der Waals surface area (Å²) in [5, 5.41) is 0.739. The molecule has 0 spiro atoms. The molecule has 0 N–H and O–H groups in total. The molecule has 0 aliphatic carbocycles. The number of aliphatic imine (C=N–C) groups is 1. The molecule has 0 aliphatic rings. The first-order chi connectivity index (χ1) is 12.2. The van der Waals surface area contributed by atoms with E-state index < -0.39 is 0 Å². The van der Waals surface area contributed by atoms with Crippen LogP contribution in [0.5, 0.6) is 5.75 Å². The fraction of sp³-hybridized carbons (Fsp3) is 0.136. The van der Waals surface area contributed by atoms with E-state index in [-0.39, 0.29) is 6.04 Å². The molecule has 2 nitrogen and oxygen atoms in total. The van der Waals surface area contributed by atoms with Gasteiger partial charge in [-0.2, -0.15) is 0 Å². The minimum absolute atomic E-state index is 0.0751. The number of ether oxygens (including phenoxy) is 1. The Bertz CT molecular complexity index is 828. The Morgan fingerprint density at radius 2 is 1.72 bits per heavy atom. The van der Waals surface area contributed by atoms with Crippen molar-refractivity contribution in [3.05, 3.63) is 101 Å².